The van der Waals surface area contributed by atoms with Gasteiger partial charge >= 0.3 is 0 Å². The molecule has 1 aliphatic rings. The number of hydrogen-bond acceptors (Lipinski definition) is 7. The van der Waals surface area contributed by atoms with E-state index in [0.29, 0.717) is 42.3 Å². The Morgan fingerprint density at radius 3 is 2.76 bits per heavy atom. The molecule has 0 bridgehead atoms. The van der Waals surface area contributed by atoms with Gasteiger partial charge in [-0.15, -0.1) is 11.3 Å². The number of fused-ring (bicyclic) bond motifs is 1. The fraction of sp³-hybridized carbons (Fsp3) is 0.320. The number of nitrogens with one attached hydrogen (secondary N) is 1. The highest BCUT2D eigenvalue weighted by atomic mass is 35.5. The van der Waals surface area contributed by atoms with Crippen molar-refractivity contribution in [2.45, 2.75) is 31.4 Å². The van der Waals surface area contributed by atoms with E-state index in [1.54, 1.807) is 6.07 Å². The number of likely N-dealkylation sites (tertiary alicyclic amines) is 1. The highest BCUT2D eigenvalue weighted by molar-refractivity contribution is 7.09. The zero-order chi connectivity index (χ0) is 25.9. The molecule has 3 heterocycles. The summed E-state index contributed by atoms with van der Waals surface area (Å²) in [7, 11) is 0. The van der Waals surface area contributed by atoms with Crippen LogP contribution in [-0.4, -0.2) is 46.7 Å². The van der Waals surface area contributed by atoms with Crippen LogP contribution in [0.15, 0.2) is 52.5 Å². The molecular formula is C25H22ClF3N4O3S. The summed E-state index contributed by atoms with van der Waals surface area (Å²) in [6, 6.07) is 10.8. The maximum absolute atomic E-state index is 14.2. The van der Waals surface area contributed by atoms with Gasteiger partial charge in [0.25, 0.3) is 18.2 Å². The number of carbonyl (C=O) groups is 1. The molecule has 4 aromatic rings. The Bertz CT molecular complexity index is 1370. The molecule has 194 valence electrons. The summed E-state index contributed by atoms with van der Waals surface area (Å²) in [5.41, 5.74) is 1.39. The maximum Gasteiger partial charge on any atom is 0.281 e. The van der Waals surface area contributed by atoms with Gasteiger partial charge in [0, 0.05) is 19.6 Å². The number of hydrogen-bond donors (Lipinski definition) is 1. The van der Waals surface area contributed by atoms with Crippen LogP contribution >= 0.6 is 22.9 Å². The summed E-state index contributed by atoms with van der Waals surface area (Å²) in [4.78, 5) is 19.0. The van der Waals surface area contributed by atoms with Crippen molar-refractivity contribution >= 4 is 39.8 Å². The van der Waals surface area contributed by atoms with Crippen molar-refractivity contribution in [3.8, 4) is 5.88 Å². The molecule has 1 unspecified atom stereocenters. The normalized spacial score (nSPS) is 15.8. The summed E-state index contributed by atoms with van der Waals surface area (Å²) >= 11 is 7.12. The van der Waals surface area contributed by atoms with E-state index in [2.05, 4.69) is 15.5 Å². The molecule has 5 rings (SSSR count). The van der Waals surface area contributed by atoms with E-state index in [1.165, 1.54) is 17.6 Å². The molecule has 0 saturated carbocycles. The van der Waals surface area contributed by atoms with E-state index < -0.39 is 24.2 Å². The van der Waals surface area contributed by atoms with Crippen molar-refractivity contribution in [3.05, 3.63) is 74.9 Å². The molecule has 2 aromatic heterocycles. The number of ether oxygens (including phenoxy) is 1. The highest BCUT2D eigenvalue weighted by Gasteiger charge is 2.32. The second-order valence-corrected chi connectivity index (χ2v) is 9.86. The average molecular weight is 551 g/mol. The Morgan fingerprint density at radius 2 is 2.00 bits per heavy atom. The third-order valence-electron chi connectivity index (χ3n) is 6.32. The first-order chi connectivity index (χ1) is 17.9. The average Bonchev–Trinajstić information content (AvgIpc) is 3.53. The molecule has 0 aliphatic carbocycles. The van der Waals surface area contributed by atoms with E-state index in [-0.39, 0.29) is 28.9 Å². The summed E-state index contributed by atoms with van der Waals surface area (Å²) in [5, 5.41) is 7.44. The van der Waals surface area contributed by atoms with Gasteiger partial charge in [-0.25, -0.2) is 18.2 Å². The number of nitrogens with zero attached hydrogens (tertiary/aromatic N) is 3. The van der Waals surface area contributed by atoms with Gasteiger partial charge in [0.05, 0.1) is 32.4 Å². The number of rotatable bonds is 8. The number of benzene rings is 2. The summed E-state index contributed by atoms with van der Waals surface area (Å²) in [6.07, 6.45) is -1.70. The van der Waals surface area contributed by atoms with Gasteiger partial charge in [-0.2, -0.15) is 0 Å². The van der Waals surface area contributed by atoms with Gasteiger partial charge < -0.3 is 14.6 Å². The number of aromatic nitrogens is 2. The standard InChI is InChI=1S/C25H22ClF3N4O3S/c26-16-5-3-6-17(27)20(16)24(34)30-12-18(22-21(23(28)29)31-13-37-22)33-10-8-14(9-11-33)35-25-15-4-1-2-7-19(15)36-32-25/h1-7,13-14,18,23H,8-12H2,(H,30,34). The van der Waals surface area contributed by atoms with Crippen LogP contribution in [0.25, 0.3) is 11.0 Å². The molecule has 1 aliphatic heterocycles. The molecule has 7 nitrogen and oxygen atoms in total. The number of para-hydroxylation sites is 1. The minimum Gasteiger partial charge on any atom is -0.472 e. The van der Waals surface area contributed by atoms with Crippen LogP contribution in [0.4, 0.5) is 13.2 Å². The zero-order valence-electron chi connectivity index (χ0n) is 19.4. The van der Waals surface area contributed by atoms with Crippen molar-refractivity contribution in [2.24, 2.45) is 0 Å². The number of thiazole rings is 1. The van der Waals surface area contributed by atoms with E-state index in [1.807, 2.05) is 23.1 Å². The third kappa shape index (κ3) is 5.43. The third-order valence-corrected chi connectivity index (χ3v) is 7.58. The Morgan fingerprint density at radius 1 is 1.22 bits per heavy atom. The van der Waals surface area contributed by atoms with E-state index in [4.69, 9.17) is 20.9 Å². The molecule has 12 heteroatoms. The Labute approximate surface area is 219 Å². The summed E-state index contributed by atoms with van der Waals surface area (Å²) in [6.45, 7) is 1.01. The van der Waals surface area contributed by atoms with Crippen LogP contribution in [0.2, 0.25) is 5.02 Å². The molecule has 0 radical (unpaired) electrons. The number of amides is 1. The maximum atomic E-state index is 14.2. The number of piperidine rings is 1. The first-order valence-corrected chi connectivity index (χ1v) is 12.9. The molecule has 2 aromatic carbocycles. The lowest BCUT2D eigenvalue weighted by Crippen LogP contribution is -2.44. The first-order valence-electron chi connectivity index (χ1n) is 11.6. The molecule has 1 atom stereocenters. The second kappa shape index (κ2) is 11.1. The van der Waals surface area contributed by atoms with Crippen LogP contribution in [0.3, 0.4) is 0 Å². The topological polar surface area (TPSA) is 80.5 Å². The molecular weight excluding hydrogens is 529 g/mol. The number of carbonyl (C=O) groups excluding carboxylic acids is 1. The molecule has 37 heavy (non-hydrogen) atoms. The number of alkyl halides is 2. The smallest absolute Gasteiger partial charge is 0.281 e. The molecule has 1 saturated heterocycles. The van der Waals surface area contributed by atoms with E-state index >= 15 is 0 Å². The van der Waals surface area contributed by atoms with Gasteiger partial charge in [-0.1, -0.05) is 29.8 Å². The van der Waals surface area contributed by atoms with Crippen LogP contribution in [0.1, 0.15) is 46.2 Å². The first kappa shape index (κ1) is 25.5. The lowest BCUT2D eigenvalue weighted by atomic mass is 10.0. The lowest BCUT2D eigenvalue weighted by molar-refractivity contribution is 0.0670. The van der Waals surface area contributed by atoms with Gasteiger partial charge in [-0.05, 0) is 42.3 Å². The number of halogens is 4. The minimum absolute atomic E-state index is 0.0230. The Balaban J connectivity index is 1.30. The monoisotopic (exact) mass is 550 g/mol. The second-order valence-electron chi connectivity index (χ2n) is 8.56. The molecule has 1 fully saturated rings. The molecule has 0 spiro atoms. The van der Waals surface area contributed by atoms with Crippen molar-refractivity contribution < 1.29 is 27.2 Å². The zero-order valence-corrected chi connectivity index (χ0v) is 20.9. The van der Waals surface area contributed by atoms with Crippen molar-refractivity contribution in [2.75, 3.05) is 19.6 Å². The summed E-state index contributed by atoms with van der Waals surface area (Å²) in [5.74, 6) is -1.06. The lowest BCUT2D eigenvalue weighted by Gasteiger charge is -2.37. The van der Waals surface area contributed by atoms with Crippen LogP contribution in [0.5, 0.6) is 5.88 Å². The summed E-state index contributed by atoms with van der Waals surface area (Å²) < 4.78 is 53.0. The Hall–Kier alpha value is -3.15. The van der Waals surface area contributed by atoms with Crippen LogP contribution < -0.4 is 10.1 Å². The predicted octanol–water partition coefficient (Wildman–Crippen LogP) is 6.03. The van der Waals surface area contributed by atoms with Crippen molar-refractivity contribution in [1.29, 1.82) is 0 Å². The van der Waals surface area contributed by atoms with E-state index in [0.717, 1.165) is 22.8 Å². The SMILES string of the molecule is O=C(NCC(c1scnc1C(F)F)N1CCC(Oc2noc3ccccc23)CC1)c1c(F)cccc1Cl. The van der Waals surface area contributed by atoms with E-state index in [9.17, 15) is 18.0 Å². The molecule has 1 amide bonds. The fourth-order valence-corrected chi connectivity index (χ4v) is 5.65. The van der Waals surface area contributed by atoms with Crippen molar-refractivity contribution in [3.63, 3.8) is 0 Å². The minimum atomic E-state index is -2.76. The van der Waals surface area contributed by atoms with Gasteiger partial charge in [-0.3, -0.25) is 9.69 Å². The fourth-order valence-electron chi connectivity index (χ4n) is 4.47. The highest BCUT2D eigenvalue weighted by Crippen LogP contribution is 2.35. The van der Waals surface area contributed by atoms with Gasteiger partial charge in [0.2, 0.25) is 0 Å². The van der Waals surface area contributed by atoms with Crippen LogP contribution in [-0.2, 0) is 0 Å². The molecule has 1 N–H and O–H groups in total. The van der Waals surface area contributed by atoms with Gasteiger partial charge in [0.1, 0.15) is 17.6 Å². The van der Waals surface area contributed by atoms with Gasteiger partial charge in [0.15, 0.2) is 5.58 Å². The Kier molecular flexibility index (Phi) is 7.63. The van der Waals surface area contributed by atoms with Crippen molar-refractivity contribution in [1.82, 2.24) is 20.4 Å². The largest absolute Gasteiger partial charge is 0.472 e. The van der Waals surface area contributed by atoms with Crippen LogP contribution in [0, 0.1) is 5.82 Å². The quantitative estimate of drug-likeness (QED) is 0.288. The predicted molar refractivity (Wildman–Crippen MR) is 133 cm³/mol.